The summed E-state index contributed by atoms with van der Waals surface area (Å²) in [5.41, 5.74) is 4.01. The zero-order valence-corrected chi connectivity index (χ0v) is 24.8. The first kappa shape index (κ1) is 28.6. The monoisotopic (exact) mass is 587 g/mol. The number of anilines is 2. The Balaban J connectivity index is 1.50. The van der Waals surface area contributed by atoms with Gasteiger partial charge in [0.25, 0.3) is 11.5 Å². The summed E-state index contributed by atoms with van der Waals surface area (Å²) < 4.78 is 15.5. The Morgan fingerprint density at radius 2 is 1.63 bits per heavy atom. The minimum absolute atomic E-state index is 0.0712. The third-order valence-electron chi connectivity index (χ3n) is 7.54. The van der Waals surface area contributed by atoms with E-state index in [-0.39, 0.29) is 22.8 Å². The van der Waals surface area contributed by atoms with Gasteiger partial charge < -0.3 is 9.80 Å². The number of hydrogen-bond acceptors (Lipinski definition) is 7. The van der Waals surface area contributed by atoms with E-state index >= 15 is 0 Å². The molecule has 0 N–H and O–H groups in total. The number of rotatable bonds is 6. The van der Waals surface area contributed by atoms with Crippen LogP contribution in [0.5, 0.6) is 0 Å². The Morgan fingerprint density at radius 1 is 1.00 bits per heavy atom. The van der Waals surface area contributed by atoms with Gasteiger partial charge in [-0.3, -0.25) is 19.1 Å². The molecule has 7 nitrogen and oxygen atoms in total. The fourth-order valence-electron chi connectivity index (χ4n) is 5.25. The van der Waals surface area contributed by atoms with E-state index < -0.39 is 0 Å². The lowest BCUT2D eigenvalue weighted by Gasteiger charge is -2.39. The van der Waals surface area contributed by atoms with E-state index in [2.05, 4.69) is 15.9 Å². The smallest absolute Gasteiger partial charge is 0.270 e. The quantitative estimate of drug-likeness (QED) is 0.289. The fourth-order valence-corrected chi connectivity index (χ4v) is 6.49. The molecule has 1 amide bonds. The molecule has 0 atom stereocenters. The van der Waals surface area contributed by atoms with Gasteiger partial charge in [0.1, 0.15) is 27.6 Å². The summed E-state index contributed by atoms with van der Waals surface area (Å²) in [6, 6.07) is 16.5. The maximum absolute atomic E-state index is 13.6. The van der Waals surface area contributed by atoms with Crippen LogP contribution in [0.25, 0.3) is 6.08 Å². The zero-order valence-electron chi connectivity index (χ0n) is 23.2. The van der Waals surface area contributed by atoms with Gasteiger partial charge in [-0.1, -0.05) is 53.8 Å². The molecule has 0 spiro atoms. The summed E-state index contributed by atoms with van der Waals surface area (Å²) in [5.74, 6) is 0.220. The van der Waals surface area contributed by atoms with Crippen LogP contribution in [0.15, 0.2) is 58.2 Å². The molecule has 3 aromatic rings. The van der Waals surface area contributed by atoms with Crippen LogP contribution in [0.3, 0.4) is 0 Å². The number of thiocarbonyl (C=S) groups is 1. The highest BCUT2D eigenvalue weighted by atomic mass is 32.2. The van der Waals surface area contributed by atoms with Crippen molar-refractivity contribution in [2.75, 3.05) is 36.0 Å². The van der Waals surface area contributed by atoms with Crippen LogP contribution in [0, 0.1) is 31.0 Å². The van der Waals surface area contributed by atoms with Gasteiger partial charge in [-0.25, -0.2) is 4.39 Å². The SMILES string of the molecule is CCn1c(N2CCN(c3ccc(F)cc3)CC2)c(C=C2SC(=S)N(Cc3ccc(C)cc3)C2=O)c(C)c(C#N)c1=O. The van der Waals surface area contributed by atoms with E-state index in [0.717, 1.165) is 16.8 Å². The fraction of sp³-hybridized carbons (Fsp3) is 0.290. The van der Waals surface area contributed by atoms with E-state index in [1.807, 2.05) is 38.1 Å². The molecule has 5 rings (SSSR count). The van der Waals surface area contributed by atoms with Crippen LogP contribution < -0.4 is 15.4 Å². The topological polar surface area (TPSA) is 72.6 Å². The number of nitrogens with zero attached hydrogens (tertiary/aromatic N) is 5. The molecule has 2 fully saturated rings. The number of aryl methyl sites for hydroxylation is 1. The predicted molar refractivity (Wildman–Crippen MR) is 167 cm³/mol. The second-order valence-electron chi connectivity index (χ2n) is 10.1. The van der Waals surface area contributed by atoms with Crippen LogP contribution in [0.4, 0.5) is 15.9 Å². The number of piperazine rings is 1. The van der Waals surface area contributed by atoms with E-state index in [1.54, 1.807) is 34.6 Å². The molecule has 0 saturated carbocycles. The highest BCUT2D eigenvalue weighted by molar-refractivity contribution is 8.26. The van der Waals surface area contributed by atoms with Gasteiger partial charge in [0.05, 0.1) is 11.4 Å². The summed E-state index contributed by atoms with van der Waals surface area (Å²) >= 11 is 6.83. The molecule has 2 aliphatic rings. The lowest BCUT2D eigenvalue weighted by Crippen LogP contribution is -2.48. The van der Waals surface area contributed by atoms with Gasteiger partial charge in [0.2, 0.25) is 0 Å². The summed E-state index contributed by atoms with van der Waals surface area (Å²) in [6.45, 7) is 8.95. The van der Waals surface area contributed by atoms with Crippen molar-refractivity contribution in [2.45, 2.75) is 33.9 Å². The van der Waals surface area contributed by atoms with Gasteiger partial charge in [-0.15, -0.1) is 0 Å². The molecule has 3 heterocycles. The van der Waals surface area contributed by atoms with Crippen molar-refractivity contribution in [1.29, 1.82) is 5.26 Å². The van der Waals surface area contributed by atoms with Crippen LogP contribution in [0.2, 0.25) is 0 Å². The number of nitriles is 1. The summed E-state index contributed by atoms with van der Waals surface area (Å²) in [6.07, 6.45) is 1.79. The maximum Gasteiger partial charge on any atom is 0.270 e. The number of halogens is 1. The van der Waals surface area contributed by atoms with Gasteiger partial charge in [0.15, 0.2) is 0 Å². The summed E-state index contributed by atoms with van der Waals surface area (Å²) in [4.78, 5) is 33.3. The number of hydrogen-bond donors (Lipinski definition) is 0. The first-order valence-electron chi connectivity index (χ1n) is 13.5. The molecule has 10 heteroatoms. The van der Waals surface area contributed by atoms with Crippen molar-refractivity contribution in [3.05, 3.63) is 97.4 Å². The summed E-state index contributed by atoms with van der Waals surface area (Å²) in [5, 5.41) is 9.87. The molecule has 2 aliphatic heterocycles. The molecule has 41 heavy (non-hydrogen) atoms. The average molecular weight is 588 g/mol. The third kappa shape index (κ3) is 5.65. The Hall–Kier alpha value is -3.94. The van der Waals surface area contributed by atoms with E-state index in [1.165, 1.54) is 23.9 Å². The van der Waals surface area contributed by atoms with Crippen molar-refractivity contribution in [1.82, 2.24) is 9.47 Å². The van der Waals surface area contributed by atoms with Gasteiger partial charge >= 0.3 is 0 Å². The molecule has 0 radical (unpaired) electrons. The van der Waals surface area contributed by atoms with Crippen molar-refractivity contribution in [3.8, 4) is 6.07 Å². The molecular formula is C31H30FN5O2S2. The second kappa shape index (κ2) is 11.9. The maximum atomic E-state index is 13.6. The van der Waals surface area contributed by atoms with E-state index in [9.17, 15) is 19.2 Å². The van der Waals surface area contributed by atoms with Crippen molar-refractivity contribution in [3.63, 3.8) is 0 Å². The lowest BCUT2D eigenvalue weighted by molar-refractivity contribution is -0.122. The number of benzene rings is 2. The second-order valence-corrected chi connectivity index (χ2v) is 11.8. The third-order valence-corrected chi connectivity index (χ3v) is 8.92. The first-order chi connectivity index (χ1) is 19.7. The van der Waals surface area contributed by atoms with Crippen LogP contribution in [0.1, 0.15) is 34.7 Å². The van der Waals surface area contributed by atoms with Crippen LogP contribution >= 0.6 is 24.0 Å². The number of thioether (sulfide) groups is 1. The molecule has 2 saturated heterocycles. The first-order valence-corrected chi connectivity index (χ1v) is 14.7. The van der Waals surface area contributed by atoms with Gasteiger partial charge in [-0.05, 0) is 62.2 Å². The Labute approximate surface area is 248 Å². The Morgan fingerprint density at radius 3 is 2.24 bits per heavy atom. The molecule has 210 valence electrons. The molecule has 0 unspecified atom stereocenters. The Kier molecular flexibility index (Phi) is 8.29. The molecule has 1 aromatic heterocycles. The lowest BCUT2D eigenvalue weighted by atomic mass is 10.0. The van der Waals surface area contributed by atoms with Crippen LogP contribution in [-0.4, -0.2) is 45.9 Å². The highest BCUT2D eigenvalue weighted by Crippen LogP contribution is 2.37. The predicted octanol–water partition coefficient (Wildman–Crippen LogP) is 5.22. The molecule has 2 aromatic carbocycles. The minimum Gasteiger partial charge on any atom is -0.368 e. The highest BCUT2D eigenvalue weighted by Gasteiger charge is 2.33. The number of aromatic nitrogens is 1. The average Bonchev–Trinajstić information content (AvgIpc) is 3.23. The molecular weight excluding hydrogens is 558 g/mol. The summed E-state index contributed by atoms with van der Waals surface area (Å²) in [7, 11) is 0. The molecule has 0 aliphatic carbocycles. The number of carbonyl (C=O) groups is 1. The number of carbonyl (C=O) groups excluding carboxylic acids is 1. The standard InChI is InChI=1S/C31H30FN5O2S2/c1-4-36-28(35-15-13-34(14-16-35)24-11-9-23(32)10-12-24)25(21(3)26(18-33)29(36)38)17-27-30(39)37(31(40)41-27)19-22-7-5-20(2)6-8-22/h5-12,17H,4,13-16,19H2,1-3H3. The van der Waals surface area contributed by atoms with E-state index in [4.69, 9.17) is 12.2 Å². The largest absolute Gasteiger partial charge is 0.368 e. The number of pyridine rings is 1. The van der Waals surface area contributed by atoms with Gasteiger partial charge in [0, 0.05) is 44.0 Å². The van der Waals surface area contributed by atoms with E-state index in [0.29, 0.717) is 65.4 Å². The van der Waals surface area contributed by atoms with Crippen molar-refractivity contribution < 1.29 is 9.18 Å². The Bertz CT molecular complexity index is 1630. The minimum atomic E-state index is -0.340. The number of amides is 1. The van der Waals surface area contributed by atoms with Crippen molar-refractivity contribution >= 4 is 51.8 Å². The normalized spacial score (nSPS) is 16.6. The molecule has 0 bridgehead atoms. The van der Waals surface area contributed by atoms with Crippen molar-refractivity contribution in [2.24, 2.45) is 0 Å². The van der Waals surface area contributed by atoms with Crippen LogP contribution in [-0.2, 0) is 17.9 Å². The van der Waals surface area contributed by atoms with Gasteiger partial charge in [-0.2, -0.15) is 5.26 Å². The zero-order chi connectivity index (χ0) is 29.3.